The van der Waals surface area contributed by atoms with Gasteiger partial charge in [0.25, 0.3) is 5.91 Å². The summed E-state index contributed by atoms with van der Waals surface area (Å²) in [4.78, 5) is 92.2. The lowest BCUT2D eigenvalue weighted by molar-refractivity contribution is -0.143. The van der Waals surface area contributed by atoms with E-state index in [1.807, 2.05) is 44.2 Å². The molecule has 0 saturated carbocycles. The average Bonchev–Trinajstić information content (AvgIpc) is 3.50. The third-order valence-corrected chi connectivity index (χ3v) is 8.23. The van der Waals surface area contributed by atoms with Crippen LogP contribution in [0.25, 0.3) is 0 Å². The van der Waals surface area contributed by atoms with Gasteiger partial charge < -0.3 is 41.4 Å². The first-order valence-electron chi connectivity index (χ1n) is 17.5. The van der Waals surface area contributed by atoms with E-state index < -0.39 is 83.6 Å². The largest absolute Gasteiger partial charge is 0.449 e. The molecule has 5 atom stereocenters. The smallest absolute Gasteiger partial charge is 0.407 e. The number of Topliss-reactive ketones (excluding diaryl/α,β-unsaturated/α-hetero) is 1. The second-order valence-electron chi connectivity index (χ2n) is 14.7. The lowest BCUT2D eigenvalue weighted by atomic mass is 9.86. The minimum atomic E-state index is -1.26. The predicted molar refractivity (Wildman–Crippen MR) is 189 cm³/mol. The van der Waals surface area contributed by atoms with Crippen molar-refractivity contribution in [2.24, 2.45) is 23.0 Å². The molecule has 0 aromatic heterocycles. The van der Waals surface area contributed by atoms with Gasteiger partial charge in [0.1, 0.15) is 18.1 Å². The molecule has 6 amide bonds. The normalized spacial score (nSPS) is 17.6. The van der Waals surface area contributed by atoms with E-state index in [-0.39, 0.29) is 44.4 Å². The number of ketones is 1. The highest BCUT2D eigenvalue weighted by atomic mass is 16.5. The molecular weight excluding hydrogens is 660 g/mol. The standard InChI is InChI=1S/C36H56N6O9/c1-9-13-25(29(44)33(47)38-17-27(43)40-30(31(37)45)36(6,7)8)39-32(46)26-16-24(50-20-23-14-11-10-12-15-23)18-42(26)34(48)28(22(4)5)41-35(49)51-19-21(2)3/h10-12,14-15,21-22,24-26,28,30H,9,13,16-20H2,1-8H3,(H2,37,45)(H,38,47)(H,39,46)(H,40,43)(H,41,49)/t24-,25?,26+,28?,30?/m1/s1. The van der Waals surface area contributed by atoms with Crippen LogP contribution in [0.1, 0.15) is 80.2 Å². The summed E-state index contributed by atoms with van der Waals surface area (Å²) >= 11 is 0. The molecule has 3 unspecified atom stereocenters. The number of nitrogens with two attached hydrogens (primary N) is 1. The van der Waals surface area contributed by atoms with E-state index in [0.717, 1.165) is 5.56 Å². The van der Waals surface area contributed by atoms with E-state index in [0.29, 0.717) is 6.42 Å². The predicted octanol–water partition coefficient (Wildman–Crippen LogP) is 1.57. The van der Waals surface area contributed by atoms with Crippen LogP contribution in [0, 0.1) is 17.3 Å². The van der Waals surface area contributed by atoms with Crippen molar-refractivity contribution in [2.45, 2.75) is 112 Å². The molecule has 15 heteroatoms. The maximum absolute atomic E-state index is 14.0. The van der Waals surface area contributed by atoms with Gasteiger partial charge in [0, 0.05) is 13.0 Å². The number of nitrogens with one attached hydrogen (secondary N) is 4. The highest BCUT2D eigenvalue weighted by molar-refractivity contribution is 6.38. The molecular formula is C36H56N6O9. The second-order valence-corrected chi connectivity index (χ2v) is 14.7. The van der Waals surface area contributed by atoms with Crippen molar-refractivity contribution in [3.63, 3.8) is 0 Å². The number of primary amides is 1. The van der Waals surface area contributed by atoms with Gasteiger partial charge >= 0.3 is 6.09 Å². The van der Waals surface area contributed by atoms with Crippen molar-refractivity contribution < 1.29 is 43.0 Å². The molecule has 1 saturated heterocycles. The molecule has 1 aliphatic rings. The molecule has 2 rings (SSSR count). The summed E-state index contributed by atoms with van der Waals surface area (Å²) in [6.45, 7) is 14.0. The van der Waals surface area contributed by atoms with Crippen LogP contribution in [-0.2, 0) is 44.8 Å². The number of carbonyl (C=O) groups excluding carboxylic acids is 7. The summed E-state index contributed by atoms with van der Waals surface area (Å²) in [6, 6.07) is 5.01. The first-order valence-corrected chi connectivity index (χ1v) is 17.5. The maximum atomic E-state index is 14.0. The van der Waals surface area contributed by atoms with Gasteiger partial charge in [0.15, 0.2) is 0 Å². The molecule has 6 N–H and O–H groups in total. The summed E-state index contributed by atoms with van der Waals surface area (Å²) in [5.41, 5.74) is 5.61. The van der Waals surface area contributed by atoms with Crippen LogP contribution in [-0.4, -0.2) is 96.3 Å². The van der Waals surface area contributed by atoms with Gasteiger partial charge in [0.2, 0.25) is 29.4 Å². The molecule has 1 aromatic rings. The van der Waals surface area contributed by atoms with Gasteiger partial charge in [-0.25, -0.2) is 4.79 Å². The summed E-state index contributed by atoms with van der Waals surface area (Å²) in [6.07, 6.45) is -0.689. The number of rotatable bonds is 18. The maximum Gasteiger partial charge on any atom is 0.407 e. The SMILES string of the molecule is CCCC(NC(=O)[C@@H]1C[C@@H](OCc2ccccc2)CN1C(=O)C(NC(=O)OCC(C)C)C(C)C)C(=O)C(=O)NCC(=O)NC(C(N)=O)C(C)(C)C. The zero-order chi connectivity index (χ0) is 38.5. The summed E-state index contributed by atoms with van der Waals surface area (Å²) in [7, 11) is 0. The van der Waals surface area contributed by atoms with Gasteiger partial charge in [-0.3, -0.25) is 28.8 Å². The van der Waals surface area contributed by atoms with E-state index in [1.165, 1.54) is 4.90 Å². The Bertz CT molecular complexity index is 1380. The van der Waals surface area contributed by atoms with Crippen LogP contribution in [0.4, 0.5) is 4.79 Å². The van der Waals surface area contributed by atoms with Gasteiger partial charge in [-0.1, -0.05) is 92.1 Å². The molecule has 0 aliphatic carbocycles. The lowest BCUT2D eigenvalue weighted by Gasteiger charge is -2.31. The number of amides is 6. The summed E-state index contributed by atoms with van der Waals surface area (Å²) in [5, 5.41) is 9.99. The Hall–Kier alpha value is -4.53. The Morgan fingerprint density at radius 1 is 0.961 bits per heavy atom. The molecule has 0 spiro atoms. The molecule has 0 radical (unpaired) electrons. The Morgan fingerprint density at radius 2 is 1.61 bits per heavy atom. The highest BCUT2D eigenvalue weighted by Gasteiger charge is 2.44. The highest BCUT2D eigenvalue weighted by Crippen LogP contribution is 2.25. The van der Waals surface area contributed by atoms with Crippen molar-refractivity contribution in [1.82, 2.24) is 26.2 Å². The van der Waals surface area contributed by atoms with E-state index in [2.05, 4.69) is 21.3 Å². The lowest BCUT2D eigenvalue weighted by Crippen LogP contribution is -2.57. The number of carbonyl (C=O) groups is 7. The van der Waals surface area contributed by atoms with E-state index in [1.54, 1.807) is 41.5 Å². The molecule has 1 heterocycles. The van der Waals surface area contributed by atoms with E-state index in [9.17, 15) is 33.6 Å². The number of nitrogens with zero attached hydrogens (tertiary/aromatic N) is 1. The van der Waals surface area contributed by atoms with Crippen molar-refractivity contribution in [1.29, 1.82) is 0 Å². The first kappa shape index (κ1) is 42.6. The Morgan fingerprint density at radius 3 is 2.16 bits per heavy atom. The number of alkyl carbamates (subject to hydrolysis) is 1. The molecule has 51 heavy (non-hydrogen) atoms. The fourth-order valence-electron chi connectivity index (χ4n) is 5.46. The van der Waals surface area contributed by atoms with Gasteiger partial charge in [-0.05, 0) is 29.2 Å². The number of hydrogen-bond acceptors (Lipinski definition) is 9. The molecule has 1 fully saturated rings. The quantitative estimate of drug-likeness (QED) is 0.139. The monoisotopic (exact) mass is 716 g/mol. The first-order chi connectivity index (χ1) is 23.8. The topological polar surface area (TPSA) is 215 Å². The summed E-state index contributed by atoms with van der Waals surface area (Å²) in [5.74, 6) is -5.06. The van der Waals surface area contributed by atoms with Crippen LogP contribution in [0.15, 0.2) is 30.3 Å². The molecule has 0 bridgehead atoms. The van der Waals surface area contributed by atoms with Crippen molar-refractivity contribution >= 4 is 41.4 Å². The average molecular weight is 717 g/mol. The van der Waals surface area contributed by atoms with Crippen molar-refractivity contribution in [2.75, 3.05) is 19.7 Å². The second kappa shape index (κ2) is 19.8. The van der Waals surface area contributed by atoms with Crippen LogP contribution in [0.3, 0.4) is 0 Å². The molecule has 15 nitrogen and oxygen atoms in total. The fraction of sp³-hybridized carbons (Fsp3) is 0.639. The van der Waals surface area contributed by atoms with Crippen LogP contribution >= 0.6 is 0 Å². The Kier molecular flexibility index (Phi) is 16.5. The molecule has 284 valence electrons. The number of likely N-dealkylation sites (tertiary alicyclic amines) is 1. The van der Waals surface area contributed by atoms with Crippen LogP contribution in [0.2, 0.25) is 0 Å². The number of benzene rings is 1. The van der Waals surface area contributed by atoms with Gasteiger partial charge in [-0.2, -0.15) is 0 Å². The van der Waals surface area contributed by atoms with E-state index >= 15 is 0 Å². The summed E-state index contributed by atoms with van der Waals surface area (Å²) < 4.78 is 11.3. The number of ether oxygens (including phenoxy) is 2. The van der Waals surface area contributed by atoms with Crippen LogP contribution < -0.4 is 27.0 Å². The van der Waals surface area contributed by atoms with Crippen molar-refractivity contribution in [3.05, 3.63) is 35.9 Å². The van der Waals surface area contributed by atoms with Crippen LogP contribution in [0.5, 0.6) is 0 Å². The minimum absolute atomic E-state index is 0.0402. The number of hydrogen-bond donors (Lipinski definition) is 5. The third kappa shape index (κ3) is 13.6. The van der Waals surface area contributed by atoms with Gasteiger partial charge in [-0.15, -0.1) is 0 Å². The zero-order valence-corrected chi connectivity index (χ0v) is 31.1. The Balaban J connectivity index is 2.22. The molecule has 1 aliphatic heterocycles. The Labute approximate surface area is 300 Å². The van der Waals surface area contributed by atoms with Gasteiger partial charge in [0.05, 0.1) is 31.9 Å². The molecule has 1 aromatic carbocycles. The van der Waals surface area contributed by atoms with E-state index in [4.69, 9.17) is 15.2 Å². The fourth-order valence-corrected chi connectivity index (χ4v) is 5.46. The zero-order valence-electron chi connectivity index (χ0n) is 31.1. The third-order valence-electron chi connectivity index (χ3n) is 8.23. The minimum Gasteiger partial charge on any atom is -0.449 e. The van der Waals surface area contributed by atoms with Crippen molar-refractivity contribution in [3.8, 4) is 0 Å².